The minimum Gasteiger partial charge on any atom is -0.374 e. The van der Waals surface area contributed by atoms with Gasteiger partial charge in [-0.2, -0.15) is 0 Å². The van der Waals surface area contributed by atoms with E-state index in [-0.39, 0.29) is 18.7 Å². The molecule has 118 valence electrons. The van der Waals surface area contributed by atoms with Crippen LogP contribution in [0.4, 0.5) is 13.2 Å². The van der Waals surface area contributed by atoms with E-state index in [1.165, 1.54) is 0 Å². The van der Waals surface area contributed by atoms with Gasteiger partial charge < -0.3 is 10.1 Å². The Labute approximate surface area is 123 Å². The van der Waals surface area contributed by atoms with E-state index in [1.807, 2.05) is 0 Å². The fourth-order valence-corrected chi connectivity index (χ4v) is 2.27. The van der Waals surface area contributed by atoms with Crippen molar-refractivity contribution in [3.8, 4) is 0 Å². The van der Waals surface area contributed by atoms with Gasteiger partial charge in [-0.1, -0.05) is 0 Å². The molecule has 0 heterocycles. The Kier molecular flexibility index (Phi) is 6.43. The van der Waals surface area contributed by atoms with Gasteiger partial charge in [-0.15, -0.1) is 0 Å². The number of alkyl halides is 2. The smallest absolute Gasteiger partial charge is 0.264 e. The molecule has 1 aromatic rings. The van der Waals surface area contributed by atoms with Crippen LogP contribution < -0.4 is 5.32 Å². The Balaban J connectivity index is 2.63. The Morgan fingerprint density at radius 1 is 1.38 bits per heavy atom. The Hall–Kier alpha value is -1.32. The molecule has 0 unspecified atom stereocenters. The molecule has 0 aliphatic carbocycles. The van der Waals surface area contributed by atoms with Crippen molar-refractivity contribution < 1.29 is 31.1 Å². The summed E-state index contributed by atoms with van der Waals surface area (Å²) >= 11 is 0. The van der Waals surface area contributed by atoms with Gasteiger partial charge in [0.1, 0.15) is 17.3 Å². The Morgan fingerprint density at radius 2 is 2.05 bits per heavy atom. The van der Waals surface area contributed by atoms with Crippen LogP contribution in [0, 0.1) is 5.82 Å². The number of ether oxygens (including phenoxy) is 1. The average molecular weight is 346 g/mol. The fraction of sp³-hybridized carbons (Fsp3) is 0.364. The van der Waals surface area contributed by atoms with E-state index < -0.39 is 38.7 Å². The Bertz CT molecular complexity index is 609. The summed E-state index contributed by atoms with van der Waals surface area (Å²) in [6, 6.07) is 2.64. The van der Waals surface area contributed by atoms with Gasteiger partial charge in [-0.3, -0.25) is 4.79 Å². The lowest BCUT2D eigenvalue weighted by Gasteiger charge is -2.07. The fourth-order valence-electron chi connectivity index (χ4n) is 1.34. The number of hydrogen-bond donors (Lipinski definition) is 1. The molecule has 0 aliphatic heterocycles. The van der Waals surface area contributed by atoms with Gasteiger partial charge in [0.15, 0.2) is 0 Å². The van der Waals surface area contributed by atoms with Gasteiger partial charge in [0, 0.05) is 22.8 Å². The second kappa shape index (κ2) is 7.62. The first-order chi connectivity index (χ1) is 9.71. The summed E-state index contributed by atoms with van der Waals surface area (Å²) in [5.74, 6) is -1.79. The highest BCUT2D eigenvalue weighted by Gasteiger charge is 2.18. The van der Waals surface area contributed by atoms with Crippen molar-refractivity contribution in [2.24, 2.45) is 0 Å². The highest BCUT2D eigenvalue weighted by molar-refractivity contribution is 8.13. The van der Waals surface area contributed by atoms with Gasteiger partial charge in [0.05, 0.1) is 6.61 Å². The molecule has 1 aromatic carbocycles. The molecular formula is C11H11ClF3NO4S. The Morgan fingerprint density at radius 3 is 2.62 bits per heavy atom. The lowest BCUT2D eigenvalue weighted by Crippen LogP contribution is -2.28. The molecule has 0 aromatic heterocycles. The number of benzene rings is 1. The molecule has 0 aliphatic rings. The number of rotatable bonds is 7. The molecule has 0 saturated carbocycles. The van der Waals surface area contributed by atoms with Gasteiger partial charge in [-0.25, -0.2) is 21.6 Å². The van der Waals surface area contributed by atoms with Crippen LogP contribution in [0.1, 0.15) is 10.4 Å². The second-order valence-electron chi connectivity index (χ2n) is 3.80. The van der Waals surface area contributed by atoms with E-state index in [2.05, 4.69) is 10.1 Å². The van der Waals surface area contributed by atoms with E-state index in [9.17, 15) is 26.4 Å². The number of hydrogen-bond acceptors (Lipinski definition) is 4. The van der Waals surface area contributed by atoms with E-state index >= 15 is 0 Å². The zero-order valence-corrected chi connectivity index (χ0v) is 12.1. The van der Waals surface area contributed by atoms with Crippen LogP contribution in [0.3, 0.4) is 0 Å². The van der Waals surface area contributed by atoms with Crippen LogP contribution in [-0.4, -0.2) is 40.5 Å². The monoisotopic (exact) mass is 345 g/mol. The zero-order valence-electron chi connectivity index (χ0n) is 10.5. The third kappa shape index (κ3) is 5.90. The standard InChI is InChI=1S/C11H11ClF3NO4S/c12-21(18,19)9-5-7(1-2-8(9)13)11(17)16-3-4-20-6-10(14)15/h1-2,5,10H,3-4,6H2,(H,16,17). The van der Waals surface area contributed by atoms with Crippen LogP contribution in [-0.2, 0) is 13.8 Å². The lowest BCUT2D eigenvalue weighted by atomic mass is 10.2. The summed E-state index contributed by atoms with van der Waals surface area (Å²) in [6.07, 6.45) is -2.60. The van der Waals surface area contributed by atoms with Crippen LogP contribution in [0.25, 0.3) is 0 Å². The van der Waals surface area contributed by atoms with E-state index in [0.717, 1.165) is 18.2 Å². The summed E-state index contributed by atoms with van der Waals surface area (Å²) < 4.78 is 63.5. The molecule has 0 saturated heterocycles. The maximum Gasteiger partial charge on any atom is 0.264 e. The van der Waals surface area contributed by atoms with E-state index in [1.54, 1.807) is 0 Å². The predicted molar refractivity (Wildman–Crippen MR) is 68.6 cm³/mol. The summed E-state index contributed by atoms with van der Waals surface area (Å²) in [4.78, 5) is 10.8. The maximum absolute atomic E-state index is 13.3. The summed E-state index contributed by atoms with van der Waals surface area (Å²) in [5, 5.41) is 2.30. The third-order valence-corrected chi connectivity index (χ3v) is 3.57. The highest BCUT2D eigenvalue weighted by atomic mass is 35.7. The lowest BCUT2D eigenvalue weighted by molar-refractivity contribution is 0.0188. The van der Waals surface area contributed by atoms with E-state index in [4.69, 9.17) is 10.7 Å². The molecule has 0 fully saturated rings. The topological polar surface area (TPSA) is 72.5 Å². The highest BCUT2D eigenvalue weighted by Crippen LogP contribution is 2.20. The first-order valence-electron chi connectivity index (χ1n) is 5.60. The minimum absolute atomic E-state index is 0.0636. The van der Waals surface area contributed by atoms with Crippen molar-refractivity contribution in [2.75, 3.05) is 19.8 Å². The van der Waals surface area contributed by atoms with Crippen LogP contribution >= 0.6 is 10.7 Å². The van der Waals surface area contributed by atoms with Gasteiger partial charge in [-0.05, 0) is 18.2 Å². The molecule has 10 heteroatoms. The first kappa shape index (κ1) is 17.7. The molecule has 0 atom stereocenters. The summed E-state index contributed by atoms with van der Waals surface area (Å²) in [7, 11) is 0.706. The zero-order chi connectivity index (χ0) is 16.0. The van der Waals surface area contributed by atoms with Crippen LogP contribution in [0.2, 0.25) is 0 Å². The molecule has 1 rings (SSSR count). The normalized spacial score (nSPS) is 11.7. The quantitative estimate of drug-likeness (QED) is 0.604. The molecule has 0 spiro atoms. The molecule has 1 amide bonds. The van der Waals surface area contributed by atoms with Crippen molar-refractivity contribution in [3.63, 3.8) is 0 Å². The number of carbonyl (C=O) groups excluding carboxylic acids is 1. The van der Waals surface area contributed by atoms with Crippen molar-refractivity contribution in [1.82, 2.24) is 5.32 Å². The first-order valence-corrected chi connectivity index (χ1v) is 7.91. The molecule has 0 bridgehead atoms. The molecule has 0 radical (unpaired) electrons. The number of amides is 1. The molecule has 5 nitrogen and oxygen atoms in total. The number of carbonyl (C=O) groups is 1. The van der Waals surface area contributed by atoms with Crippen LogP contribution in [0.15, 0.2) is 23.1 Å². The second-order valence-corrected chi connectivity index (χ2v) is 6.34. The van der Waals surface area contributed by atoms with Crippen molar-refractivity contribution >= 4 is 25.6 Å². The van der Waals surface area contributed by atoms with Crippen LogP contribution in [0.5, 0.6) is 0 Å². The van der Waals surface area contributed by atoms with Gasteiger partial charge >= 0.3 is 0 Å². The van der Waals surface area contributed by atoms with Crippen molar-refractivity contribution in [2.45, 2.75) is 11.3 Å². The number of halogens is 4. The molecular weight excluding hydrogens is 335 g/mol. The largest absolute Gasteiger partial charge is 0.374 e. The summed E-state index contributed by atoms with van der Waals surface area (Å²) in [6.45, 7) is -0.953. The van der Waals surface area contributed by atoms with E-state index in [0.29, 0.717) is 0 Å². The molecule has 1 N–H and O–H groups in total. The van der Waals surface area contributed by atoms with Crippen molar-refractivity contribution in [3.05, 3.63) is 29.6 Å². The minimum atomic E-state index is -4.32. The van der Waals surface area contributed by atoms with Crippen molar-refractivity contribution in [1.29, 1.82) is 0 Å². The van der Waals surface area contributed by atoms with Gasteiger partial charge in [0.25, 0.3) is 21.4 Å². The predicted octanol–water partition coefficient (Wildman–Crippen LogP) is 1.76. The number of nitrogens with one attached hydrogen (secondary N) is 1. The summed E-state index contributed by atoms with van der Waals surface area (Å²) in [5.41, 5.74) is -0.135. The maximum atomic E-state index is 13.3. The average Bonchev–Trinajstić information content (AvgIpc) is 2.36. The SMILES string of the molecule is O=C(NCCOCC(F)F)c1ccc(F)c(S(=O)(=O)Cl)c1. The third-order valence-electron chi connectivity index (χ3n) is 2.23. The van der Waals surface area contributed by atoms with Gasteiger partial charge in [0.2, 0.25) is 0 Å². The molecule has 21 heavy (non-hydrogen) atoms.